The van der Waals surface area contributed by atoms with E-state index in [9.17, 15) is 18.0 Å². The predicted octanol–water partition coefficient (Wildman–Crippen LogP) is 2.65. The van der Waals surface area contributed by atoms with Crippen LogP contribution in [0.25, 0.3) is 0 Å². The number of carboxylic acids is 1. The maximum absolute atomic E-state index is 13.0. The van der Waals surface area contributed by atoms with Crippen molar-refractivity contribution in [3.63, 3.8) is 0 Å². The van der Waals surface area contributed by atoms with Gasteiger partial charge in [0.05, 0.1) is 23.3 Å². The molecule has 1 aliphatic rings. The van der Waals surface area contributed by atoms with Crippen molar-refractivity contribution < 1.29 is 27.8 Å². The lowest BCUT2D eigenvalue weighted by atomic mass is 10.0. The smallest absolute Gasteiger partial charge is 0.417 e. The number of hydrogen-bond donors (Lipinski definition) is 1. The predicted molar refractivity (Wildman–Crippen MR) is 75.0 cm³/mol. The number of alkyl halides is 3. The second kappa shape index (κ2) is 6.87. The molecule has 0 saturated carbocycles. The van der Waals surface area contributed by atoms with Gasteiger partial charge in [-0.3, -0.25) is 0 Å². The molecule has 1 aromatic rings. The monoisotopic (exact) mass is 328 g/mol. The molecule has 1 heterocycles. The molecule has 1 N–H and O–H groups in total. The molecule has 0 aromatic heterocycles. The second-order valence-corrected chi connectivity index (χ2v) is 5.23. The van der Waals surface area contributed by atoms with E-state index in [2.05, 4.69) is 0 Å². The molecule has 0 atom stereocenters. The fraction of sp³-hybridized carbons (Fsp3) is 0.467. The van der Waals surface area contributed by atoms with Crippen LogP contribution in [0.5, 0.6) is 0 Å². The van der Waals surface area contributed by atoms with Crippen LogP contribution in [0.2, 0.25) is 0 Å². The van der Waals surface area contributed by atoms with Gasteiger partial charge in [-0.15, -0.1) is 0 Å². The number of carboxylic acid groups (broad SMARTS) is 1. The highest BCUT2D eigenvalue weighted by Crippen LogP contribution is 2.35. The summed E-state index contributed by atoms with van der Waals surface area (Å²) in [6, 6.07) is 5.20. The van der Waals surface area contributed by atoms with Crippen molar-refractivity contribution in [2.24, 2.45) is 0 Å². The molecule has 23 heavy (non-hydrogen) atoms. The molecule has 1 saturated heterocycles. The van der Waals surface area contributed by atoms with Crippen molar-refractivity contribution >= 4 is 11.7 Å². The Morgan fingerprint density at radius 3 is 2.57 bits per heavy atom. The fourth-order valence-corrected chi connectivity index (χ4v) is 2.53. The van der Waals surface area contributed by atoms with Crippen molar-refractivity contribution in [1.82, 2.24) is 0 Å². The minimum Gasteiger partial charge on any atom is -0.480 e. The molecular weight excluding hydrogens is 313 g/mol. The summed E-state index contributed by atoms with van der Waals surface area (Å²) in [6.45, 7) is 0.556. The summed E-state index contributed by atoms with van der Waals surface area (Å²) in [5.41, 5.74) is -0.948. The number of ether oxygens (including phenoxy) is 1. The highest BCUT2D eigenvalue weighted by Gasteiger charge is 2.34. The maximum atomic E-state index is 13.0. The Morgan fingerprint density at radius 2 is 2.04 bits per heavy atom. The molecule has 0 radical (unpaired) electrons. The summed E-state index contributed by atoms with van der Waals surface area (Å²) in [5.74, 6) is -1.05. The van der Waals surface area contributed by atoms with Gasteiger partial charge in [-0.05, 0) is 31.0 Å². The van der Waals surface area contributed by atoms with Crippen molar-refractivity contribution in [3.8, 4) is 6.07 Å². The van der Waals surface area contributed by atoms with Crippen molar-refractivity contribution in [2.75, 3.05) is 24.6 Å². The first kappa shape index (κ1) is 17.1. The van der Waals surface area contributed by atoms with Crippen LogP contribution in [0.4, 0.5) is 18.9 Å². The number of hydrogen-bond acceptors (Lipinski definition) is 4. The summed E-state index contributed by atoms with van der Waals surface area (Å²) in [7, 11) is 0. The molecule has 2 rings (SSSR count). The summed E-state index contributed by atoms with van der Waals surface area (Å²) in [6.07, 6.45) is -3.71. The van der Waals surface area contributed by atoms with Gasteiger partial charge in [-0.25, -0.2) is 4.79 Å². The molecule has 0 unspecified atom stereocenters. The summed E-state index contributed by atoms with van der Waals surface area (Å²) in [5, 5.41) is 17.4. The van der Waals surface area contributed by atoms with Crippen LogP contribution in [-0.4, -0.2) is 36.9 Å². The van der Waals surface area contributed by atoms with Gasteiger partial charge >= 0.3 is 12.1 Å². The van der Waals surface area contributed by atoms with Crippen LogP contribution in [-0.2, 0) is 15.7 Å². The van der Waals surface area contributed by atoms with Gasteiger partial charge in [0.2, 0.25) is 0 Å². The van der Waals surface area contributed by atoms with Gasteiger partial charge in [0.25, 0.3) is 0 Å². The SMILES string of the molecule is N#Cc1ccc(N2CCC(OCC(=O)O)CC2)cc1C(F)(F)F. The first-order valence-electron chi connectivity index (χ1n) is 7.01. The van der Waals surface area contributed by atoms with E-state index in [1.807, 2.05) is 0 Å². The highest BCUT2D eigenvalue weighted by atomic mass is 19.4. The third-order valence-corrected chi connectivity index (χ3v) is 3.68. The van der Waals surface area contributed by atoms with E-state index < -0.39 is 23.3 Å². The molecule has 1 aliphatic heterocycles. The summed E-state index contributed by atoms with van der Waals surface area (Å²) in [4.78, 5) is 12.2. The maximum Gasteiger partial charge on any atom is 0.417 e. The molecule has 0 spiro atoms. The average Bonchev–Trinajstić information content (AvgIpc) is 2.52. The highest BCUT2D eigenvalue weighted by molar-refractivity contribution is 5.68. The van der Waals surface area contributed by atoms with Crippen molar-refractivity contribution in [2.45, 2.75) is 25.1 Å². The van der Waals surface area contributed by atoms with Gasteiger partial charge in [0, 0.05) is 18.8 Å². The second-order valence-electron chi connectivity index (χ2n) is 5.23. The lowest BCUT2D eigenvalue weighted by Gasteiger charge is -2.33. The number of nitriles is 1. The first-order chi connectivity index (χ1) is 10.8. The van der Waals surface area contributed by atoms with Gasteiger partial charge < -0.3 is 14.7 Å². The van der Waals surface area contributed by atoms with Crippen LogP contribution < -0.4 is 4.90 Å². The van der Waals surface area contributed by atoms with Crippen LogP contribution in [0, 0.1) is 11.3 Å². The van der Waals surface area contributed by atoms with E-state index in [0.717, 1.165) is 6.07 Å². The topological polar surface area (TPSA) is 73.6 Å². The molecule has 1 aromatic carbocycles. The Bertz CT molecular complexity index is 617. The number of rotatable bonds is 4. The van der Waals surface area contributed by atoms with E-state index >= 15 is 0 Å². The van der Waals surface area contributed by atoms with Gasteiger partial charge in [0.1, 0.15) is 6.61 Å². The molecule has 5 nitrogen and oxygen atoms in total. The number of anilines is 1. The first-order valence-corrected chi connectivity index (χ1v) is 7.01. The van der Waals surface area contributed by atoms with Gasteiger partial charge in [-0.2, -0.15) is 18.4 Å². The van der Waals surface area contributed by atoms with Gasteiger partial charge in [-0.1, -0.05) is 0 Å². The standard InChI is InChI=1S/C15H15F3N2O3/c16-15(17,18)13-7-11(2-1-10(13)8-19)20-5-3-12(4-6-20)23-9-14(21)22/h1-2,7,12H,3-6,9H2,(H,21,22). The minimum absolute atomic E-state index is 0.206. The number of aliphatic carboxylic acids is 1. The zero-order valence-electron chi connectivity index (χ0n) is 12.1. The van der Waals surface area contributed by atoms with E-state index in [4.69, 9.17) is 15.1 Å². The molecule has 8 heteroatoms. The van der Waals surface area contributed by atoms with Crippen molar-refractivity contribution in [1.29, 1.82) is 5.26 Å². The van der Waals surface area contributed by atoms with E-state index in [1.165, 1.54) is 12.1 Å². The van der Waals surface area contributed by atoms with Crippen LogP contribution in [0.15, 0.2) is 18.2 Å². The molecular formula is C15H15F3N2O3. The normalized spacial score (nSPS) is 16.2. The third kappa shape index (κ3) is 4.36. The van der Waals surface area contributed by atoms with E-state index in [-0.39, 0.29) is 12.7 Å². The molecule has 1 fully saturated rings. The number of carbonyl (C=O) groups is 1. The Morgan fingerprint density at radius 1 is 1.39 bits per heavy atom. The minimum atomic E-state index is -4.58. The van der Waals surface area contributed by atoms with Gasteiger partial charge in [0.15, 0.2) is 0 Å². The summed E-state index contributed by atoms with van der Waals surface area (Å²) < 4.78 is 44.1. The average molecular weight is 328 g/mol. The molecule has 124 valence electrons. The van der Waals surface area contributed by atoms with E-state index in [0.29, 0.717) is 31.6 Å². The number of piperidine rings is 1. The zero-order chi connectivity index (χ0) is 17.0. The molecule has 0 bridgehead atoms. The van der Waals surface area contributed by atoms with Crippen molar-refractivity contribution in [3.05, 3.63) is 29.3 Å². The van der Waals surface area contributed by atoms with Crippen LogP contribution >= 0.6 is 0 Å². The van der Waals surface area contributed by atoms with Crippen LogP contribution in [0.3, 0.4) is 0 Å². The number of benzene rings is 1. The quantitative estimate of drug-likeness (QED) is 0.920. The Hall–Kier alpha value is -2.27. The lowest BCUT2D eigenvalue weighted by Crippen LogP contribution is -2.37. The van der Waals surface area contributed by atoms with E-state index in [1.54, 1.807) is 11.0 Å². The Balaban J connectivity index is 2.07. The number of nitrogens with zero attached hydrogens (tertiary/aromatic N) is 2. The molecule has 0 amide bonds. The largest absolute Gasteiger partial charge is 0.480 e. The Labute approximate surface area is 130 Å². The third-order valence-electron chi connectivity index (χ3n) is 3.68. The fourth-order valence-electron chi connectivity index (χ4n) is 2.53. The zero-order valence-corrected chi connectivity index (χ0v) is 12.1. The van der Waals surface area contributed by atoms with Crippen LogP contribution in [0.1, 0.15) is 24.0 Å². The lowest BCUT2D eigenvalue weighted by molar-refractivity contribution is -0.144. The summed E-state index contributed by atoms with van der Waals surface area (Å²) >= 11 is 0. The number of halogens is 3. The molecule has 0 aliphatic carbocycles. The Kier molecular flexibility index (Phi) is 5.11.